The van der Waals surface area contributed by atoms with Crippen LogP contribution in [0.5, 0.6) is 0 Å². The van der Waals surface area contributed by atoms with Crippen LogP contribution in [0.3, 0.4) is 0 Å². The first-order valence-electron chi connectivity index (χ1n) is 6.63. The van der Waals surface area contributed by atoms with Gasteiger partial charge in [0.15, 0.2) is 0 Å². The van der Waals surface area contributed by atoms with Gasteiger partial charge < -0.3 is 15.1 Å². The second kappa shape index (κ2) is 5.97. The minimum Gasteiger partial charge on any atom is -0.355 e. The molecule has 0 bridgehead atoms. The Hall–Kier alpha value is -1.69. The number of nitrogens with zero attached hydrogens (tertiary/aromatic N) is 4. The topological polar surface area (TPSA) is 61.4 Å². The van der Waals surface area contributed by atoms with E-state index >= 15 is 0 Å². The SMILES string of the molecule is CCNc1ncc(C(=O)N2CCC(N(C)C)C2)cn1. The lowest BCUT2D eigenvalue weighted by Crippen LogP contribution is -2.34. The molecular formula is C13H21N5O. The van der Waals surface area contributed by atoms with Crippen molar-refractivity contribution in [2.24, 2.45) is 0 Å². The Morgan fingerprint density at radius 1 is 1.47 bits per heavy atom. The summed E-state index contributed by atoms with van der Waals surface area (Å²) in [4.78, 5) is 24.6. The van der Waals surface area contributed by atoms with Gasteiger partial charge >= 0.3 is 0 Å². The number of amides is 1. The number of likely N-dealkylation sites (N-methyl/N-ethyl adjacent to an activating group) is 1. The summed E-state index contributed by atoms with van der Waals surface area (Å²) in [6, 6.07) is 0.450. The lowest BCUT2D eigenvalue weighted by molar-refractivity contribution is 0.0782. The fourth-order valence-electron chi connectivity index (χ4n) is 2.22. The van der Waals surface area contributed by atoms with Crippen molar-refractivity contribution in [2.45, 2.75) is 19.4 Å². The zero-order valence-electron chi connectivity index (χ0n) is 11.8. The monoisotopic (exact) mass is 263 g/mol. The van der Waals surface area contributed by atoms with E-state index in [1.54, 1.807) is 12.4 Å². The highest BCUT2D eigenvalue weighted by Crippen LogP contribution is 2.16. The smallest absolute Gasteiger partial charge is 0.257 e. The molecule has 6 nitrogen and oxygen atoms in total. The van der Waals surface area contributed by atoms with E-state index in [-0.39, 0.29) is 5.91 Å². The number of carbonyl (C=O) groups excluding carboxylic acids is 1. The van der Waals surface area contributed by atoms with Gasteiger partial charge in [-0.1, -0.05) is 0 Å². The Morgan fingerprint density at radius 3 is 2.68 bits per heavy atom. The second-order valence-corrected chi connectivity index (χ2v) is 4.98. The molecule has 2 rings (SSSR count). The van der Waals surface area contributed by atoms with Gasteiger partial charge in [0.05, 0.1) is 5.56 Å². The summed E-state index contributed by atoms with van der Waals surface area (Å²) in [5.74, 6) is 0.582. The van der Waals surface area contributed by atoms with E-state index in [0.29, 0.717) is 17.6 Å². The van der Waals surface area contributed by atoms with Gasteiger partial charge in [0, 0.05) is 38.1 Å². The molecule has 0 radical (unpaired) electrons. The Morgan fingerprint density at radius 2 is 2.16 bits per heavy atom. The van der Waals surface area contributed by atoms with Crippen LogP contribution in [-0.4, -0.2) is 65.4 Å². The van der Waals surface area contributed by atoms with Gasteiger partial charge in [0.25, 0.3) is 5.91 Å². The van der Waals surface area contributed by atoms with Gasteiger partial charge in [0.2, 0.25) is 5.95 Å². The summed E-state index contributed by atoms with van der Waals surface area (Å²) in [6.07, 6.45) is 4.21. The lowest BCUT2D eigenvalue weighted by atomic mass is 10.2. The van der Waals surface area contributed by atoms with E-state index in [1.165, 1.54) is 0 Å². The van der Waals surface area contributed by atoms with Crippen LogP contribution in [0.15, 0.2) is 12.4 Å². The minimum atomic E-state index is 0.0207. The summed E-state index contributed by atoms with van der Waals surface area (Å²) in [5, 5.41) is 3.01. The number of hydrogen-bond acceptors (Lipinski definition) is 5. The van der Waals surface area contributed by atoms with Gasteiger partial charge in [-0.3, -0.25) is 4.79 Å². The van der Waals surface area contributed by atoms with E-state index in [1.807, 2.05) is 25.9 Å². The van der Waals surface area contributed by atoms with Crippen molar-refractivity contribution in [3.05, 3.63) is 18.0 Å². The molecule has 6 heteroatoms. The van der Waals surface area contributed by atoms with Crippen molar-refractivity contribution < 1.29 is 4.79 Å². The van der Waals surface area contributed by atoms with Crippen molar-refractivity contribution in [3.63, 3.8) is 0 Å². The van der Waals surface area contributed by atoms with Crippen LogP contribution in [-0.2, 0) is 0 Å². The van der Waals surface area contributed by atoms with Crippen molar-refractivity contribution in [1.29, 1.82) is 0 Å². The molecule has 1 amide bonds. The number of hydrogen-bond donors (Lipinski definition) is 1. The Kier molecular flexibility index (Phi) is 4.31. The van der Waals surface area contributed by atoms with Crippen LogP contribution in [0.1, 0.15) is 23.7 Å². The first-order chi connectivity index (χ1) is 9.11. The van der Waals surface area contributed by atoms with Crippen LogP contribution < -0.4 is 5.32 Å². The number of likely N-dealkylation sites (tertiary alicyclic amines) is 1. The molecule has 1 aliphatic heterocycles. The molecule has 1 aliphatic rings. The fourth-order valence-corrected chi connectivity index (χ4v) is 2.22. The zero-order valence-corrected chi connectivity index (χ0v) is 11.8. The predicted octanol–water partition coefficient (Wildman–Crippen LogP) is 0.684. The maximum atomic E-state index is 12.3. The van der Waals surface area contributed by atoms with Crippen molar-refractivity contribution in [2.75, 3.05) is 39.0 Å². The molecule has 1 aromatic rings. The quantitative estimate of drug-likeness (QED) is 0.866. The highest BCUT2D eigenvalue weighted by Gasteiger charge is 2.28. The van der Waals surface area contributed by atoms with Crippen LogP contribution >= 0.6 is 0 Å². The highest BCUT2D eigenvalue weighted by atomic mass is 16.2. The molecule has 1 unspecified atom stereocenters. The Bertz CT molecular complexity index is 431. The standard InChI is InChI=1S/C13H21N5O/c1-4-14-13-15-7-10(8-16-13)12(19)18-6-5-11(9-18)17(2)3/h7-8,11H,4-6,9H2,1-3H3,(H,14,15,16). The molecule has 2 heterocycles. The largest absolute Gasteiger partial charge is 0.355 e. The third-order valence-electron chi connectivity index (χ3n) is 3.41. The molecule has 1 N–H and O–H groups in total. The number of anilines is 1. The van der Waals surface area contributed by atoms with Crippen LogP contribution in [0, 0.1) is 0 Å². The van der Waals surface area contributed by atoms with Crippen LogP contribution in [0.2, 0.25) is 0 Å². The van der Waals surface area contributed by atoms with Crippen molar-refractivity contribution in [1.82, 2.24) is 19.8 Å². The van der Waals surface area contributed by atoms with Crippen molar-refractivity contribution >= 4 is 11.9 Å². The zero-order chi connectivity index (χ0) is 13.8. The molecular weight excluding hydrogens is 242 g/mol. The van der Waals surface area contributed by atoms with Crippen LogP contribution in [0.25, 0.3) is 0 Å². The van der Waals surface area contributed by atoms with Gasteiger partial charge in [-0.05, 0) is 27.4 Å². The third-order valence-corrected chi connectivity index (χ3v) is 3.41. The van der Waals surface area contributed by atoms with E-state index < -0.39 is 0 Å². The molecule has 19 heavy (non-hydrogen) atoms. The number of aromatic nitrogens is 2. The molecule has 1 aromatic heterocycles. The van der Waals surface area contributed by atoms with Gasteiger partial charge in [0.1, 0.15) is 0 Å². The molecule has 104 valence electrons. The Balaban J connectivity index is 2.00. The molecule has 0 aromatic carbocycles. The van der Waals surface area contributed by atoms with Gasteiger partial charge in [-0.25, -0.2) is 9.97 Å². The second-order valence-electron chi connectivity index (χ2n) is 4.98. The normalized spacial score (nSPS) is 18.9. The van der Waals surface area contributed by atoms with E-state index in [4.69, 9.17) is 0 Å². The van der Waals surface area contributed by atoms with Crippen LogP contribution in [0.4, 0.5) is 5.95 Å². The summed E-state index contributed by atoms with van der Waals surface area (Å²) in [5.41, 5.74) is 0.557. The fraction of sp³-hybridized carbons (Fsp3) is 0.615. The lowest BCUT2D eigenvalue weighted by Gasteiger charge is -2.20. The van der Waals surface area contributed by atoms with Crippen molar-refractivity contribution in [3.8, 4) is 0 Å². The molecule has 0 aliphatic carbocycles. The average Bonchev–Trinajstić information content (AvgIpc) is 2.89. The summed E-state index contributed by atoms with van der Waals surface area (Å²) in [6.45, 7) is 4.33. The number of rotatable bonds is 4. The molecule has 0 saturated carbocycles. The van der Waals surface area contributed by atoms with E-state index in [9.17, 15) is 4.79 Å². The first kappa shape index (κ1) is 13.7. The molecule has 1 fully saturated rings. The summed E-state index contributed by atoms with van der Waals surface area (Å²) < 4.78 is 0. The maximum Gasteiger partial charge on any atom is 0.257 e. The maximum absolute atomic E-state index is 12.3. The molecule has 1 saturated heterocycles. The summed E-state index contributed by atoms with van der Waals surface area (Å²) in [7, 11) is 4.10. The molecule has 1 atom stereocenters. The average molecular weight is 263 g/mol. The third kappa shape index (κ3) is 3.20. The Labute approximate surface area is 113 Å². The van der Waals surface area contributed by atoms with Gasteiger partial charge in [-0.2, -0.15) is 0 Å². The van der Waals surface area contributed by atoms with E-state index in [2.05, 4.69) is 20.2 Å². The van der Waals surface area contributed by atoms with Gasteiger partial charge in [-0.15, -0.1) is 0 Å². The summed E-state index contributed by atoms with van der Waals surface area (Å²) >= 11 is 0. The number of nitrogens with one attached hydrogen (secondary N) is 1. The number of carbonyl (C=O) groups is 1. The van der Waals surface area contributed by atoms with E-state index in [0.717, 1.165) is 26.1 Å². The highest BCUT2D eigenvalue weighted by molar-refractivity contribution is 5.93. The minimum absolute atomic E-state index is 0.0207. The molecule has 0 spiro atoms. The first-order valence-corrected chi connectivity index (χ1v) is 6.63. The predicted molar refractivity (Wildman–Crippen MR) is 74.2 cm³/mol.